The molecule has 34 heavy (non-hydrogen) atoms. The van der Waals surface area contributed by atoms with E-state index in [1.807, 2.05) is 36.4 Å². The van der Waals surface area contributed by atoms with Crippen molar-refractivity contribution >= 4 is 17.3 Å². The summed E-state index contributed by atoms with van der Waals surface area (Å²) in [6, 6.07) is 19.2. The van der Waals surface area contributed by atoms with Gasteiger partial charge in [-0.05, 0) is 61.0 Å². The quantitative estimate of drug-likeness (QED) is 0.512. The van der Waals surface area contributed by atoms with Crippen molar-refractivity contribution in [3.8, 4) is 5.75 Å². The number of carbonyl (C=O) groups is 1. The number of nitrogens with zero attached hydrogens (tertiary/aromatic N) is 4. The number of ether oxygens (including phenoxy) is 1. The minimum atomic E-state index is -4.71. The van der Waals surface area contributed by atoms with E-state index in [1.165, 1.54) is 12.1 Å². The molecule has 1 amide bonds. The molecular weight excluding hydrogens is 445 g/mol. The summed E-state index contributed by atoms with van der Waals surface area (Å²) < 4.78 is 41.1. The van der Waals surface area contributed by atoms with Crippen LogP contribution in [0.25, 0.3) is 0 Å². The molecule has 9 heteroatoms. The van der Waals surface area contributed by atoms with Gasteiger partial charge in [0, 0.05) is 43.8 Å². The van der Waals surface area contributed by atoms with Gasteiger partial charge in [-0.2, -0.15) is 0 Å². The van der Waals surface area contributed by atoms with E-state index in [1.54, 1.807) is 36.3 Å². The average Bonchev–Trinajstić information content (AvgIpc) is 3.18. The Morgan fingerprint density at radius 2 is 1.82 bits per heavy atom. The number of hydrogen-bond donors (Lipinski definition) is 0. The molecule has 0 saturated carbocycles. The molecule has 4 rings (SSSR count). The first-order valence-corrected chi connectivity index (χ1v) is 10.8. The van der Waals surface area contributed by atoms with Gasteiger partial charge in [-0.15, -0.1) is 13.2 Å². The van der Waals surface area contributed by atoms with Crippen molar-refractivity contribution in [2.24, 2.45) is 0 Å². The monoisotopic (exact) mass is 470 g/mol. The highest BCUT2D eigenvalue weighted by atomic mass is 19.4. The van der Waals surface area contributed by atoms with Crippen molar-refractivity contribution in [1.82, 2.24) is 9.88 Å². The summed E-state index contributed by atoms with van der Waals surface area (Å²) in [5.74, 6) is -0.430. The molecule has 1 aliphatic heterocycles. The molecule has 2 aromatic carbocycles. The fourth-order valence-corrected chi connectivity index (χ4v) is 3.97. The van der Waals surface area contributed by atoms with Gasteiger partial charge in [0.05, 0.1) is 6.67 Å². The molecule has 1 saturated heterocycles. The number of rotatable bonds is 6. The van der Waals surface area contributed by atoms with E-state index in [0.717, 1.165) is 23.5 Å². The Kier molecular flexibility index (Phi) is 6.74. The van der Waals surface area contributed by atoms with Gasteiger partial charge in [0.25, 0.3) is 5.91 Å². The number of anilines is 2. The first-order valence-electron chi connectivity index (χ1n) is 10.8. The molecule has 2 heterocycles. The SMILES string of the molecule is CC1CN(c2ccc(OC(F)(F)F)cc2)CN1Cc1ccnc(C(=O)N(C)c2ccccc2)c1. The van der Waals surface area contributed by atoms with Crippen LogP contribution < -0.4 is 14.5 Å². The summed E-state index contributed by atoms with van der Waals surface area (Å²) >= 11 is 0. The van der Waals surface area contributed by atoms with Crippen molar-refractivity contribution in [3.05, 3.63) is 84.2 Å². The number of aromatic nitrogens is 1. The molecule has 0 radical (unpaired) electrons. The van der Waals surface area contributed by atoms with E-state index in [-0.39, 0.29) is 17.7 Å². The highest BCUT2D eigenvalue weighted by Crippen LogP contribution is 2.28. The molecule has 0 N–H and O–H groups in total. The third-order valence-electron chi connectivity index (χ3n) is 5.77. The first kappa shape index (κ1) is 23.6. The first-order chi connectivity index (χ1) is 16.2. The molecule has 6 nitrogen and oxygen atoms in total. The van der Waals surface area contributed by atoms with E-state index in [4.69, 9.17) is 0 Å². The lowest BCUT2D eigenvalue weighted by atomic mass is 10.2. The Morgan fingerprint density at radius 1 is 1.12 bits per heavy atom. The second kappa shape index (κ2) is 9.72. The highest BCUT2D eigenvalue weighted by molar-refractivity contribution is 6.04. The molecule has 1 fully saturated rings. The largest absolute Gasteiger partial charge is 0.573 e. The van der Waals surface area contributed by atoms with Crippen LogP contribution in [-0.2, 0) is 6.54 Å². The van der Waals surface area contributed by atoms with Gasteiger partial charge in [-0.3, -0.25) is 14.7 Å². The van der Waals surface area contributed by atoms with Gasteiger partial charge >= 0.3 is 6.36 Å². The zero-order chi connectivity index (χ0) is 24.3. The number of hydrogen-bond acceptors (Lipinski definition) is 5. The second-order valence-electron chi connectivity index (χ2n) is 8.25. The molecule has 1 atom stereocenters. The predicted molar refractivity (Wildman–Crippen MR) is 124 cm³/mol. The van der Waals surface area contributed by atoms with Crippen LogP contribution in [0.3, 0.4) is 0 Å². The van der Waals surface area contributed by atoms with Crippen LogP contribution in [0.4, 0.5) is 24.5 Å². The predicted octanol–water partition coefficient (Wildman–Crippen LogP) is 4.93. The van der Waals surface area contributed by atoms with E-state index >= 15 is 0 Å². The summed E-state index contributed by atoms with van der Waals surface area (Å²) in [5.41, 5.74) is 2.93. The van der Waals surface area contributed by atoms with Crippen molar-refractivity contribution in [2.75, 3.05) is 30.1 Å². The Labute approximate surface area is 196 Å². The van der Waals surface area contributed by atoms with Crippen LogP contribution >= 0.6 is 0 Å². The van der Waals surface area contributed by atoms with Crippen molar-refractivity contribution in [1.29, 1.82) is 0 Å². The maximum Gasteiger partial charge on any atom is 0.573 e. The van der Waals surface area contributed by atoms with Crippen molar-refractivity contribution in [2.45, 2.75) is 25.9 Å². The number of benzene rings is 2. The fraction of sp³-hybridized carbons (Fsp3) is 0.280. The highest BCUT2D eigenvalue weighted by Gasteiger charge is 2.31. The van der Waals surface area contributed by atoms with Crippen molar-refractivity contribution < 1.29 is 22.7 Å². The maximum atomic E-state index is 12.9. The van der Waals surface area contributed by atoms with Crippen LogP contribution in [0.2, 0.25) is 0 Å². The normalized spacial score (nSPS) is 16.5. The zero-order valence-electron chi connectivity index (χ0n) is 18.9. The minimum absolute atomic E-state index is 0.190. The van der Waals surface area contributed by atoms with Crippen molar-refractivity contribution in [3.63, 3.8) is 0 Å². The third kappa shape index (κ3) is 5.66. The van der Waals surface area contributed by atoms with Crippen LogP contribution in [-0.4, -0.2) is 48.5 Å². The molecule has 1 aliphatic rings. The lowest BCUT2D eigenvalue weighted by molar-refractivity contribution is -0.274. The van der Waals surface area contributed by atoms with E-state index in [0.29, 0.717) is 18.9 Å². The number of halogens is 3. The number of pyridine rings is 1. The van der Waals surface area contributed by atoms with Crippen LogP contribution in [0.15, 0.2) is 72.9 Å². The topological polar surface area (TPSA) is 48.9 Å². The van der Waals surface area contributed by atoms with Gasteiger partial charge in [0.15, 0.2) is 0 Å². The summed E-state index contributed by atoms with van der Waals surface area (Å²) in [6.07, 6.45) is -3.07. The Morgan fingerprint density at radius 3 is 2.50 bits per heavy atom. The maximum absolute atomic E-state index is 12.9. The molecule has 1 unspecified atom stereocenters. The molecule has 0 bridgehead atoms. The van der Waals surface area contributed by atoms with Gasteiger partial charge in [-0.1, -0.05) is 18.2 Å². The van der Waals surface area contributed by atoms with Gasteiger partial charge in [0.1, 0.15) is 11.4 Å². The van der Waals surface area contributed by atoms with Crippen LogP contribution in [0, 0.1) is 0 Å². The molecule has 178 valence electrons. The molecule has 3 aromatic rings. The fourth-order valence-electron chi connectivity index (χ4n) is 3.97. The minimum Gasteiger partial charge on any atom is -0.406 e. The standard InChI is InChI=1S/C25H25F3N4O2/c1-18-15-32(21-8-10-22(11-9-21)34-25(26,27)28)17-31(18)16-19-12-13-29-23(14-19)24(33)30(2)20-6-4-3-5-7-20/h3-14,18H,15-17H2,1-2H3. The van der Waals surface area contributed by atoms with Crippen LogP contribution in [0.5, 0.6) is 5.75 Å². The van der Waals surface area contributed by atoms with Gasteiger partial charge < -0.3 is 14.5 Å². The molecule has 1 aromatic heterocycles. The smallest absolute Gasteiger partial charge is 0.406 e. The van der Waals surface area contributed by atoms with Crippen LogP contribution in [0.1, 0.15) is 23.0 Å². The lowest BCUT2D eigenvalue weighted by Crippen LogP contribution is -2.29. The van der Waals surface area contributed by atoms with Gasteiger partial charge in [0.2, 0.25) is 0 Å². The van der Waals surface area contributed by atoms with E-state index in [2.05, 4.69) is 26.4 Å². The number of alkyl halides is 3. The number of amides is 1. The summed E-state index contributed by atoms with van der Waals surface area (Å²) in [5, 5.41) is 0. The zero-order valence-corrected chi connectivity index (χ0v) is 18.9. The molecular formula is C25H25F3N4O2. The number of para-hydroxylation sites is 1. The van der Waals surface area contributed by atoms with Gasteiger partial charge in [-0.25, -0.2) is 0 Å². The average molecular weight is 470 g/mol. The van der Waals surface area contributed by atoms with E-state index < -0.39 is 6.36 Å². The van der Waals surface area contributed by atoms with E-state index in [9.17, 15) is 18.0 Å². The Bertz CT molecular complexity index is 1120. The second-order valence-corrected chi connectivity index (χ2v) is 8.25. The number of carbonyl (C=O) groups excluding carboxylic acids is 1. The Hall–Kier alpha value is -3.59. The molecule has 0 spiro atoms. The summed E-state index contributed by atoms with van der Waals surface area (Å²) in [7, 11) is 1.72. The molecule has 0 aliphatic carbocycles. The lowest BCUT2D eigenvalue weighted by Gasteiger charge is -2.22. The third-order valence-corrected chi connectivity index (χ3v) is 5.77. The Balaban J connectivity index is 1.41. The summed E-state index contributed by atoms with van der Waals surface area (Å²) in [4.78, 5) is 23.1. The summed E-state index contributed by atoms with van der Waals surface area (Å²) in [6.45, 7) is 4.05.